The van der Waals surface area contributed by atoms with Gasteiger partial charge in [0.2, 0.25) is 15.9 Å². The van der Waals surface area contributed by atoms with E-state index in [1.54, 1.807) is 25.1 Å². The van der Waals surface area contributed by atoms with E-state index in [0.717, 1.165) is 31.5 Å². The molecule has 0 bridgehead atoms. The van der Waals surface area contributed by atoms with Crippen LogP contribution in [0.2, 0.25) is 0 Å². The van der Waals surface area contributed by atoms with Crippen LogP contribution in [0.4, 0.5) is 0 Å². The number of likely N-dealkylation sites (tertiary alicyclic amines) is 1. The quantitative estimate of drug-likeness (QED) is 0.766. The largest absolute Gasteiger partial charge is 0.495 e. The first-order valence-corrected chi connectivity index (χ1v) is 10.3. The van der Waals surface area contributed by atoms with Crippen LogP contribution in [0, 0.1) is 6.92 Å². The maximum absolute atomic E-state index is 13.0. The molecule has 26 heavy (non-hydrogen) atoms. The predicted molar refractivity (Wildman–Crippen MR) is 101 cm³/mol. The molecule has 1 fully saturated rings. The standard InChI is InChI=1S/C18H29N3O4S/c1-5-21(13-18(22)19-15-8-10-20(3)11-9-15)26(23,24)17-12-14(2)6-7-16(17)25-4/h6-7,12,15H,5,8-11,13H2,1-4H3,(H,19,22). The lowest BCUT2D eigenvalue weighted by molar-refractivity contribution is -0.122. The Kier molecular flexibility index (Phi) is 7.02. The first-order chi connectivity index (χ1) is 12.3. The van der Waals surface area contributed by atoms with Crippen LogP contribution < -0.4 is 10.1 Å². The minimum absolute atomic E-state index is 0.0916. The van der Waals surface area contributed by atoms with E-state index in [4.69, 9.17) is 4.74 Å². The van der Waals surface area contributed by atoms with Gasteiger partial charge in [0.15, 0.2) is 0 Å². The number of hydrogen-bond donors (Lipinski definition) is 1. The second kappa shape index (κ2) is 8.83. The molecule has 1 aromatic rings. The number of nitrogens with one attached hydrogen (secondary N) is 1. The summed E-state index contributed by atoms with van der Waals surface area (Å²) in [5.41, 5.74) is 0.816. The highest BCUT2D eigenvalue weighted by molar-refractivity contribution is 7.89. The van der Waals surface area contributed by atoms with Crippen LogP contribution in [0.5, 0.6) is 5.75 Å². The summed E-state index contributed by atoms with van der Waals surface area (Å²) >= 11 is 0. The molecule has 1 aromatic carbocycles. The number of carbonyl (C=O) groups excluding carboxylic acids is 1. The molecule has 0 spiro atoms. The normalized spacial score (nSPS) is 16.7. The zero-order chi connectivity index (χ0) is 19.3. The van der Waals surface area contributed by atoms with Gasteiger partial charge in [0.25, 0.3) is 0 Å². The van der Waals surface area contributed by atoms with Gasteiger partial charge in [-0.15, -0.1) is 0 Å². The van der Waals surface area contributed by atoms with E-state index in [-0.39, 0.29) is 35.7 Å². The summed E-state index contributed by atoms with van der Waals surface area (Å²) in [6, 6.07) is 5.11. The van der Waals surface area contributed by atoms with Crippen LogP contribution in [-0.4, -0.2) is 69.9 Å². The highest BCUT2D eigenvalue weighted by Gasteiger charge is 2.29. The van der Waals surface area contributed by atoms with Crippen LogP contribution in [0.25, 0.3) is 0 Å². The molecule has 7 nitrogen and oxygen atoms in total. The van der Waals surface area contributed by atoms with Gasteiger partial charge in [0.1, 0.15) is 10.6 Å². The number of aryl methyl sites for hydroxylation is 1. The van der Waals surface area contributed by atoms with Crippen molar-refractivity contribution in [3.05, 3.63) is 23.8 Å². The molecule has 0 aliphatic carbocycles. The number of nitrogens with zero attached hydrogens (tertiary/aromatic N) is 2. The van der Waals surface area contributed by atoms with Crippen molar-refractivity contribution in [3.8, 4) is 5.75 Å². The zero-order valence-electron chi connectivity index (χ0n) is 16.0. The molecule has 0 radical (unpaired) electrons. The van der Waals surface area contributed by atoms with E-state index in [0.29, 0.717) is 0 Å². The number of ether oxygens (including phenoxy) is 1. The van der Waals surface area contributed by atoms with Crippen molar-refractivity contribution in [2.75, 3.05) is 40.3 Å². The summed E-state index contributed by atoms with van der Waals surface area (Å²) in [6.45, 7) is 5.43. The van der Waals surface area contributed by atoms with Gasteiger partial charge in [0.05, 0.1) is 13.7 Å². The molecule has 1 aliphatic heterocycles. The van der Waals surface area contributed by atoms with Gasteiger partial charge in [0, 0.05) is 12.6 Å². The van der Waals surface area contributed by atoms with Crippen LogP contribution in [0.1, 0.15) is 25.3 Å². The smallest absolute Gasteiger partial charge is 0.247 e. The van der Waals surface area contributed by atoms with Gasteiger partial charge in [-0.3, -0.25) is 4.79 Å². The Morgan fingerprint density at radius 3 is 2.58 bits per heavy atom. The lowest BCUT2D eigenvalue weighted by atomic mass is 10.1. The van der Waals surface area contributed by atoms with Crippen molar-refractivity contribution in [2.24, 2.45) is 0 Å². The molecule has 0 unspecified atom stereocenters. The van der Waals surface area contributed by atoms with E-state index < -0.39 is 10.0 Å². The number of sulfonamides is 1. The zero-order valence-corrected chi connectivity index (χ0v) is 16.8. The molecule has 1 N–H and O–H groups in total. The molecule has 0 atom stereocenters. The Bertz CT molecular complexity index is 728. The lowest BCUT2D eigenvalue weighted by Crippen LogP contribution is -2.47. The summed E-state index contributed by atoms with van der Waals surface area (Å²) in [6.07, 6.45) is 1.76. The van der Waals surface area contributed by atoms with Crippen LogP contribution in [0.15, 0.2) is 23.1 Å². The topological polar surface area (TPSA) is 79.0 Å². The fourth-order valence-corrected chi connectivity index (χ4v) is 4.72. The lowest BCUT2D eigenvalue weighted by Gasteiger charge is -2.30. The third-order valence-corrected chi connectivity index (χ3v) is 6.64. The predicted octanol–water partition coefficient (Wildman–Crippen LogP) is 1.22. The second-order valence-corrected chi connectivity index (χ2v) is 8.64. The monoisotopic (exact) mass is 383 g/mol. The summed E-state index contributed by atoms with van der Waals surface area (Å²) in [4.78, 5) is 14.7. The van der Waals surface area contributed by atoms with E-state index in [1.165, 1.54) is 11.4 Å². The molecule has 8 heteroatoms. The van der Waals surface area contributed by atoms with Gasteiger partial charge in [-0.1, -0.05) is 13.0 Å². The van der Waals surface area contributed by atoms with Crippen molar-refractivity contribution in [2.45, 2.75) is 37.6 Å². The van der Waals surface area contributed by atoms with Crippen molar-refractivity contribution < 1.29 is 17.9 Å². The summed E-state index contributed by atoms with van der Waals surface area (Å²) in [7, 11) is -0.330. The first kappa shape index (κ1) is 20.7. The maximum Gasteiger partial charge on any atom is 0.247 e. The molecule has 1 saturated heterocycles. The second-order valence-electron chi connectivity index (χ2n) is 6.73. The van der Waals surface area contributed by atoms with E-state index in [9.17, 15) is 13.2 Å². The van der Waals surface area contributed by atoms with Crippen LogP contribution in [0.3, 0.4) is 0 Å². The van der Waals surface area contributed by atoms with Gasteiger partial charge in [-0.25, -0.2) is 8.42 Å². The molecule has 1 heterocycles. The molecule has 0 saturated carbocycles. The SMILES string of the molecule is CCN(CC(=O)NC1CCN(C)CC1)S(=O)(=O)c1cc(C)ccc1OC. The summed E-state index contributed by atoms with van der Waals surface area (Å²) in [5, 5.41) is 2.96. The Morgan fingerprint density at radius 2 is 2.00 bits per heavy atom. The third-order valence-electron chi connectivity index (χ3n) is 4.69. The van der Waals surface area contributed by atoms with Crippen molar-refractivity contribution in [1.82, 2.24) is 14.5 Å². The van der Waals surface area contributed by atoms with Crippen molar-refractivity contribution in [3.63, 3.8) is 0 Å². The Hall–Kier alpha value is -1.64. The number of benzene rings is 1. The molecule has 1 aliphatic rings. The molecule has 0 aromatic heterocycles. The number of carbonyl (C=O) groups is 1. The highest BCUT2D eigenvalue weighted by atomic mass is 32.2. The van der Waals surface area contributed by atoms with Crippen LogP contribution >= 0.6 is 0 Å². The molecule has 1 amide bonds. The number of hydrogen-bond acceptors (Lipinski definition) is 5. The van der Waals surface area contributed by atoms with Gasteiger partial charge >= 0.3 is 0 Å². The molecule has 2 rings (SSSR count). The molecular formula is C18H29N3O4S. The Labute approximate surface area is 156 Å². The minimum Gasteiger partial charge on any atom is -0.495 e. The van der Waals surface area contributed by atoms with E-state index in [2.05, 4.69) is 17.3 Å². The maximum atomic E-state index is 13.0. The summed E-state index contributed by atoms with van der Waals surface area (Å²) < 4.78 is 32.4. The minimum atomic E-state index is -3.82. The number of rotatable bonds is 7. The van der Waals surface area contributed by atoms with E-state index >= 15 is 0 Å². The fourth-order valence-electron chi connectivity index (χ4n) is 3.08. The molecular weight excluding hydrogens is 354 g/mol. The Balaban J connectivity index is 2.11. The summed E-state index contributed by atoms with van der Waals surface area (Å²) in [5.74, 6) is 0.0152. The van der Waals surface area contributed by atoms with E-state index in [1.807, 2.05) is 6.92 Å². The molecule has 146 valence electrons. The fraction of sp³-hybridized carbons (Fsp3) is 0.611. The average Bonchev–Trinajstić information content (AvgIpc) is 2.61. The number of likely N-dealkylation sites (N-methyl/N-ethyl adjacent to an activating group) is 1. The third kappa shape index (κ3) is 4.96. The highest BCUT2D eigenvalue weighted by Crippen LogP contribution is 2.27. The van der Waals surface area contributed by atoms with Gasteiger partial charge in [-0.2, -0.15) is 4.31 Å². The van der Waals surface area contributed by atoms with Crippen molar-refractivity contribution >= 4 is 15.9 Å². The first-order valence-electron chi connectivity index (χ1n) is 8.90. The number of piperidine rings is 1. The number of amides is 1. The van der Waals surface area contributed by atoms with Gasteiger partial charge < -0.3 is 15.0 Å². The number of methoxy groups -OCH3 is 1. The Morgan fingerprint density at radius 1 is 1.35 bits per heavy atom. The van der Waals surface area contributed by atoms with Crippen molar-refractivity contribution in [1.29, 1.82) is 0 Å². The van der Waals surface area contributed by atoms with Crippen LogP contribution in [-0.2, 0) is 14.8 Å². The van der Waals surface area contributed by atoms with Gasteiger partial charge in [-0.05, 0) is 57.6 Å². The average molecular weight is 384 g/mol.